The normalized spacial score (nSPS) is 12.2. The second-order valence-electron chi connectivity index (χ2n) is 7.93. The highest BCUT2D eigenvalue weighted by Gasteiger charge is 2.31. The van der Waals surface area contributed by atoms with Gasteiger partial charge in [-0.05, 0) is 43.2 Å². The number of nitrogens with zero attached hydrogens (tertiary/aromatic N) is 2. The average Bonchev–Trinajstić information content (AvgIpc) is 2.79. The quantitative estimate of drug-likeness (QED) is 0.359. The van der Waals surface area contributed by atoms with E-state index in [9.17, 15) is 18.0 Å². The summed E-state index contributed by atoms with van der Waals surface area (Å²) in [4.78, 5) is 27.6. The number of hydrogen-bond acceptors (Lipinski definition) is 4. The molecule has 0 aliphatic rings. The number of carbonyl (C=O) groups excluding carboxylic acids is 2. The average molecular weight is 583 g/mol. The van der Waals surface area contributed by atoms with Crippen LogP contribution in [0.1, 0.15) is 32.3 Å². The van der Waals surface area contributed by atoms with Crippen molar-refractivity contribution in [3.63, 3.8) is 0 Å². The molecule has 0 unspecified atom stereocenters. The Morgan fingerprint density at radius 2 is 1.71 bits per heavy atom. The molecule has 2 aromatic rings. The summed E-state index contributed by atoms with van der Waals surface area (Å²) in [5, 5.41) is 3.58. The van der Waals surface area contributed by atoms with Crippen LogP contribution >= 0.6 is 46.4 Å². The zero-order valence-electron chi connectivity index (χ0n) is 19.5. The zero-order valence-corrected chi connectivity index (χ0v) is 23.4. The topological polar surface area (TPSA) is 86.8 Å². The van der Waals surface area contributed by atoms with Crippen LogP contribution in [-0.4, -0.2) is 50.5 Å². The highest BCUT2D eigenvalue weighted by molar-refractivity contribution is 7.92. The maximum absolute atomic E-state index is 13.5. The Morgan fingerprint density at radius 3 is 2.31 bits per heavy atom. The van der Waals surface area contributed by atoms with Crippen LogP contribution in [0.4, 0.5) is 5.69 Å². The van der Waals surface area contributed by atoms with Gasteiger partial charge in [0, 0.05) is 13.1 Å². The van der Waals surface area contributed by atoms with Crippen LogP contribution in [0, 0.1) is 0 Å². The van der Waals surface area contributed by atoms with E-state index in [1.165, 1.54) is 23.1 Å². The van der Waals surface area contributed by atoms with E-state index in [0.717, 1.165) is 23.4 Å². The van der Waals surface area contributed by atoms with E-state index in [1.54, 1.807) is 25.1 Å². The van der Waals surface area contributed by atoms with Gasteiger partial charge in [-0.2, -0.15) is 0 Å². The van der Waals surface area contributed by atoms with E-state index in [1.807, 2.05) is 6.92 Å². The van der Waals surface area contributed by atoms with Crippen LogP contribution in [0.25, 0.3) is 0 Å². The van der Waals surface area contributed by atoms with Crippen molar-refractivity contribution in [3.8, 4) is 0 Å². The molecular formula is C23H27Cl4N3O4S. The molecule has 0 aliphatic carbocycles. The third kappa shape index (κ3) is 8.15. The number of amides is 2. The first kappa shape index (κ1) is 29.5. The molecule has 0 aliphatic heterocycles. The summed E-state index contributed by atoms with van der Waals surface area (Å²) in [6.07, 6.45) is 2.64. The molecule has 1 atom stereocenters. The molecule has 1 N–H and O–H groups in total. The summed E-state index contributed by atoms with van der Waals surface area (Å²) >= 11 is 24.5. The fourth-order valence-electron chi connectivity index (χ4n) is 3.23. The SMILES string of the molecule is CCCCNC(=O)[C@@H](C)N(Cc1ccc(Cl)c(Cl)c1)C(=O)CN(c1cccc(Cl)c1Cl)S(C)(=O)=O. The predicted molar refractivity (Wildman–Crippen MR) is 143 cm³/mol. The fourth-order valence-corrected chi connectivity index (χ4v) is 4.86. The highest BCUT2D eigenvalue weighted by atomic mass is 35.5. The van der Waals surface area contributed by atoms with E-state index in [2.05, 4.69) is 5.32 Å². The lowest BCUT2D eigenvalue weighted by Gasteiger charge is -2.31. The van der Waals surface area contributed by atoms with Crippen LogP contribution in [0.15, 0.2) is 36.4 Å². The maximum atomic E-state index is 13.5. The molecule has 7 nitrogen and oxygen atoms in total. The lowest BCUT2D eigenvalue weighted by molar-refractivity contribution is -0.139. The van der Waals surface area contributed by atoms with Crippen molar-refractivity contribution in [3.05, 3.63) is 62.1 Å². The van der Waals surface area contributed by atoms with Gasteiger partial charge in [0.15, 0.2) is 0 Å². The number of unbranched alkanes of at least 4 members (excludes halogenated alkanes) is 1. The van der Waals surface area contributed by atoms with E-state index in [0.29, 0.717) is 22.2 Å². The number of sulfonamides is 1. The summed E-state index contributed by atoms with van der Waals surface area (Å²) in [5.74, 6) is -0.978. The van der Waals surface area contributed by atoms with Gasteiger partial charge in [-0.3, -0.25) is 13.9 Å². The van der Waals surface area contributed by atoms with Gasteiger partial charge < -0.3 is 10.2 Å². The van der Waals surface area contributed by atoms with E-state index < -0.39 is 28.5 Å². The molecule has 0 spiro atoms. The van der Waals surface area contributed by atoms with E-state index in [-0.39, 0.29) is 28.2 Å². The highest BCUT2D eigenvalue weighted by Crippen LogP contribution is 2.34. The fraction of sp³-hybridized carbons (Fsp3) is 0.391. The van der Waals surface area contributed by atoms with Crippen LogP contribution < -0.4 is 9.62 Å². The van der Waals surface area contributed by atoms with E-state index >= 15 is 0 Å². The molecule has 0 saturated heterocycles. The van der Waals surface area contributed by atoms with Crippen molar-refractivity contribution in [2.24, 2.45) is 0 Å². The lowest BCUT2D eigenvalue weighted by atomic mass is 10.1. The number of anilines is 1. The summed E-state index contributed by atoms with van der Waals surface area (Å²) in [6, 6.07) is 8.45. The van der Waals surface area contributed by atoms with E-state index in [4.69, 9.17) is 46.4 Å². The standard InChI is InChI=1S/C23H27Cl4N3O4S/c1-4-5-11-28-23(32)15(2)29(13-16-9-10-17(24)19(26)12-16)21(31)14-30(35(3,33)34)20-8-6-7-18(25)22(20)27/h6-10,12,15H,4-5,11,13-14H2,1-3H3,(H,28,32)/t15-/m1/s1. The third-order valence-electron chi connectivity index (χ3n) is 5.21. The first-order chi connectivity index (χ1) is 16.4. The van der Waals surface area contributed by atoms with Crippen molar-refractivity contribution in [2.75, 3.05) is 23.7 Å². The van der Waals surface area contributed by atoms with Crippen LogP contribution in [-0.2, 0) is 26.2 Å². The Labute approximate surface area is 226 Å². The predicted octanol–water partition coefficient (Wildman–Crippen LogP) is 5.40. The summed E-state index contributed by atoms with van der Waals surface area (Å²) < 4.78 is 26.1. The Bertz CT molecular complexity index is 1180. The number of benzene rings is 2. The number of nitrogens with one attached hydrogen (secondary N) is 1. The molecule has 0 saturated carbocycles. The molecule has 12 heteroatoms. The van der Waals surface area contributed by atoms with Crippen LogP contribution in [0.5, 0.6) is 0 Å². The summed E-state index contributed by atoms with van der Waals surface area (Å²) in [5.41, 5.74) is 0.678. The summed E-state index contributed by atoms with van der Waals surface area (Å²) in [7, 11) is -3.93. The van der Waals surface area contributed by atoms with Gasteiger partial charge in [0.1, 0.15) is 12.6 Å². The molecule has 0 aromatic heterocycles. The summed E-state index contributed by atoms with van der Waals surface area (Å²) in [6.45, 7) is 3.44. The van der Waals surface area contributed by atoms with Crippen LogP contribution in [0.3, 0.4) is 0 Å². The Hall–Kier alpha value is -1.71. The van der Waals surface area contributed by atoms with Gasteiger partial charge >= 0.3 is 0 Å². The van der Waals surface area contributed by atoms with Crippen molar-refractivity contribution in [1.82, 2.24) is 10.2 Å². The maximum Gasteiger partial charge on any atom is 0.244 e. The Balaban J connectivity index is 2.42. The van der Waals surface area contributed by atoms with Gasteiger partial charge in [0.05, 0.1) is 32.0 Å². The molecule has 0 radical (unpaired) electrons. The Morgan fingerprint density at radius 1 is 1.03 bits per heavy atom. The second-order valence-corrected chi connectivity index (χ2v) is 11.4. The molecule has 35 heavy (non-hydrogen) atoms. The van der Waals surface area contributed by atoms with Gasteiger partial charge in [-0.1, -0.05) is 71.9 Å². The molecule has 0 fully saturated rings. The van der Waals surface area contributed by atoms with Crippen molar-refractivity contribution in [2.45, 2.75) is 39.3 Å². The molecule has 2 amide bonds. The minimum Gasteiger partial charge on any atom is -0.354 e. The van der Waals surface area contributed by atoms with Crippen molar-refractivity contribution < 1.29 is 18.0 Å². The number of halogens is 4. The number of rotatable bonds is 11. The van der Waals surface area contributed by atoms with Gasteiger partial charge in [-0.25, -0.2) is 8.42 Å². The minimum atomic E-state index is -3.93. The lowest BCUT2D eigenvalue weighted by Crippen LogP contribution is -2.51. The molecule has 2 aromatic carbocycles. The third-order valence-corrected chi connectivity index (χ3v) is 7.89. The smallest absolute Gasteiger partial charge is 0.244 e. The first-order valence-electron chi connectivity index (χ1n) is 10.8. The monoisotopic (exact) mass is 581 g/mol. The number of carbonyl (C=O) groups is 2. The number of hydrogen-bond donors (Lipinski definition) is 1. The molecule has 0 bridgehead atoms. The van der Waals surface area contributed by atoms with Crippen molar-refractivity contribution in [1.29, 1.82) is 0 Å². The minimum absolute atomic E-state index is 0.00103. The van der Waals surface area contributed by atoms with Gasteiger partial charge in [0.25, 0.3) is 0 Å². The molecule has 0 heterocycles. The van der Waals surface area contributed by atoms with Crippen LogP contribution in [0.2, 0.25) is 20.1 Å². The van der Waals surface area contributed by atoms with Crippen molar-refractivity contribution >= 4 is 73.9 Å². The largest absolute Gasteiger partial charge is 0.354 e. The first-order valence-corrected chi connectivity index (χ1v) is 14.2. The zero-order chi connectivity index (χ0) is 26.3. The Kier molecular flexibility index (Phi) is 11.0. The van der Waals surface area contributed by atoms with Gasteiger partial charge in [0.2, 0.25) is 21.8 Å². The molecule has 2 rings (SSSR count). The molecular weight excluding hydrogens is 556 g/mol. The molecule has 192 valence electrons. The van der Waals surface area contributed by atoms with Gasteiger partial charge in [-0.15, -0.1) is 0 Å². The second kappa shape index (κ2) is 13.0.